The Bertz CT molecular complexity index is 4550. The Hall–Kier alpha value is -9.52. The summed E-state index contributed by atoms with van der Waals surface area (Å²) in [4.78, 5) is 120. The summed E-state index contributed by atoms with van der Waals surface area (Å²) in [5, 5.41) is 12.9. The van der Waals surface area contributed by atoms with Crippen molar-refractivity contribution in [3.8, 4) is 17.2 Å². The van der Waals surface area contributed by atoms with Gasteiger partial charge in [0.05, 0.1) is 36.8 Å². The van der Waals surface area contributed by atoms with Crippen LogP contribution < -0.4 is 48.9 Å². The van der Waals surface area contributed by atoms with Crippen LogP contribution in [0.15, 0.2) is 55.0 Å². The molecular weight excluding hydrogens is 1390 g/mol. The summed E-state index contributed by atoms with van der Waals surface area (Å²) < 4.78 is 23.9. The van der Waals surface area contributed by atoms with E-state index in [0.717, 1.165) is 163 Å². The number of carboxylic acids is 1. The van der Waals surface area contributed by atoms with Gasteiger partial charge in [0, 0.05) is 123 Å². The van der Waals surface area contributed by atoms with Crippen molar-refractivity contribution >= 4 is 70.1 Å². The number of ether oxygens (including phenoxy) is 4. The minimum Gasteiger partial charge on any atom is -0.487 e. The maximum atomic E-state index is 13.4. The number of likely N-dealkylation sites (N-methyl/N-ethyl adjacent to an activating group) is 3. The van der Waals surface area contributed by atoms with E-state index in [1.807, 2.05) is 72.1 Å². The van der Waals surface area contributed by atoms with E-state index in [9.17, 15) is 33.9 Å². The Kier molecular flexibility index (Phi) is 21.7. The monoisotopic (exact) mass is 1500 g/mol. The lowest BCUT2D eigenvalue weighted by molar-refractivity contribution is -0.120. The van der Waals surface area contributed by atoms with Gasteiger partial charge in [-0.1, -0.05) is 77.5 Å². The molecule has 0 spiro atoms. The first-order chi connectivity index (χ1) is 52.6. The van der Waals surface area contributed by atoms with Crippen LogP contribution in [0.3, 0.4) is 0 Å². The lowest BCUT2D eigenvalue weighted by Gasteiger charge is -2.43. The highest BCUT2D eigenvalue weighted by Gasteiger charge is 2.47. The molecule has 4 amide bonds. The summed E-state index contributed by atoms with van der Waals surface area (Å²) in [6.07, 6.45) is 26.3. The number of aromatic nitrogens is 6. The van der Waals surface area contributed by atoms with E-state index in [2.05, 4.69) is 76.6 Å². The van der Waals surface area contributed by atoms with E-state index in [1.54, 1.807) is 46.4 Å². The highest BCUT2D eigenvalue weighted by molar-refractivity contribution is 6.06. The first-order valence-electron chi connectivity index (χ1n) is 40.2. The number of benzene rings is 3. The molecule has 7 aliphatic heterocycles. The summed E-state index contributed by atoms with van der Waals surface area (Å²) in [6.45, 7) is 20.3. The number of esters is 1. The van der Waals surface area contributed by atoms with E-state index in [4.69, 9.17) is 38.9 Å². The molecule has 3 aromatic heterocycles. The van der Waals surface area contributed by atoms with E-state index in [-0.39, 0.29) is 59.3 Å². The molecule has 10 aliphatic rings. The Morgan fingerprint density at radius 2 is 0.800 bits per heavy atom. The van der Waals surface area contributed by atoms with Gasteiger partial charge in [-0.2, -0.15) is 0 Å². The Balaban J connectivity index is 0.000000138. The predicted octanol–water partition coefficient (Wildman–Crippen LogP) is 12.2. The fourth-order valence-electron chi connectivity index (χ4n) is 18.7. The second-order valence-electron chi connectivity index (χ2n) is 33.7. The third-order valence-electron chi connectivity index (χ3n) is 24.3. The topological polar surface area (TPSA) is 272 Å². The molecule has 3 saturated carbocycles. The summed E-state index contributed by atoms with van der Waals surface area (Å²) in [7, 11) is 8.96. The molecular formula is C85H110N14O11. The average Bonchev–Trinajstić information content (AvgIpc) is 0.882. The molecule has 0 bridgehead atoms. The first kappa shape index (κ1) is 77.2. The van der Waals surface area contributed by atoms with Crippen molar-refractivity contribution in [2.45, 2.75) is 269 Å². The minimum atomic E-state index is -0.945. The van der Waals surface area contributed by atoms with Crippen LogP contribution in [0.25, 0.3) is 0 Å². The standard InChI is InChI=1S/C32H44N6O3.C27H34N4O4.C26H32N4O4/c1-6-25-31(40)37(5)26-19-33-27(35-29(26)38(25)22-9-7-8-10-22)17-20-11-12-23(24-18-32(2,3)41-28(20)24)30(39)34-21-13-15-36(4)16-14-21;1-6-20-25(32)30(4)21-15-28-22(29-24(21)31(20)17-9-7-8-10-17)13-16-11-12-18(26(33)34-5)19-14-27(2,3)35-23(16)19;1-5-19-24(31)29(4)20-14-27-21(28-23(20)30(19)16-8-6-7-9-16)12-15-10-11-17(25(32)33)18-13-26(2,3)34-22(15)18/h11-12,19,21-22,25H,6-10,13-18H2,1-5H3,(H,34,39);11-12,15,17,20H,6-10,13-14H2,1-5H3;10-11,14,16,19H,5-9,12-13H2,1-4H3,(H,32,33)/t25-;20-;19-/m111/s1. The van der Waals surface area contributed by atoms with Crippen LogP contribution in [0, 0.1) is 0 Å². The molecule has 3 atom stereocenters. The number of anilines is 6. The maximum absolute atomic E-state index is 13.4. The van der Waals surface area contributed by atoms with Crippen molar-refractivity contribution in [3.63, 3.8) is 0 Å². The van der Waals surface area contributed by atoms with Gasteiger partial charge in [-0.15, -0.1) is 0 Å². The molecule has 10 heterocycles. The summed E-state index contributed by atoms with van der Waals surface area (Å²) in [5.74, 6) is 5.70. The number of likely N-dealkylation sites (tertiary alicyclic amines) is 1. The van der Waals surface area contributed by atoms with Gasteiger partial charge in [-0.25, -0.2) is 39.5 Å². The SMILES string of the molecule is CC[C@@H]1C(=O)N(C)c2cnc(Cc3ccc(C(=O)NC4CCN(C)CC4)c4c3OC(C)(C)C4)nc2N1C1CCCC1.CC[C@@H]1C(=O)N(C)c2cnc(Cc3ccc(C(=O)O)c4c3OC(C)(C)C4)nc2N1C1CCCC1.CC[C@@H]1C(=O)N(C)c2cnc(Cc3ccc(C(=O)OC)c4c3OC(C)(C)C4)nc2N1C1CCCC1. The van der Waals surface area contributed by atoms with Crippen LogP contribution in [-0.2, 0) is 57.6 Å². The fraction of sp³-hybridized carbons (Fsp3) is 0.576. The molecule has 3 aliphatic carbocycles. The van der Waals surface area contributed by atoms with Gasteiger partial charge in [-0.05, 0) is 151 Å². The van der Waals surface area contributed by atoms with Crippen LogP contribution >= 0.6 is 0 Å². The van der Waals surface area contributed by atoms with Gasteiger partial charge in [0.1, 0.15) is 86.7 Å². The third kappa shape index (κ3) is 15.0. The quantitative estimate of drug-likeness (QED) is 0.0852. The number of carbonyl (C=O) groups is 6. The summed E-state index contributed by atoms with van der Waals surface area (Å²) in [5.41, 5.74) is 7.95. The number of hydrogen-bond acceptors (Lipinski definition) is 20. The number of hydrogen-bond donors (Lipinski definition) is 2. The lowest BCUT2D eigenvalue weighted by Crippen LogP contribution is -2.55. The highest BCUT2D eigenvalue weighted by Crippen LogP contribution is 2.48. The smallest absolute Gasteiger partial charge is 0.338 e. The minimum absolute atomic E-state index is 0.0146. The van der Waals surface area contributed by atoms with Gasteiger partial charge < -0.3 is 63.7 Å². The van der Waals surface area contributed by atoms with Crippen molar-refractivity contribution in [1.82, 2.24) is 40.1 Å². The Morgan fingerprint density at radius 1 is 0.482 bits per heavy atom. The normalized spacial score (nSPS) is 21.9. The molecule has 25 heteroatoms. The van der Waals surface area contributed by atoms with Gasteiger partial charge in [-0.3, -0.25) is 19.2 Å². The molecule has 586 valence electrons. The summed E-state index contributed by atoms with van der Waals surface area (Å²) in [6, 6.07) is 11.7. The average molecular weight is 1500 g/mol. The third-order valence-corrected chi connectivity index (χ3v) is 24.3. The van der Waals surface area contributed by atoms with E-state index in [0.29, 0.717) is 91.0 Å². The van der Waals surface area contributed by atoms with Gasteiger partial charge in [0.25, 0.3) is 5.91 Å². The first-order valence-corrected chi connectivity index (χ1v) is 40.2. The zero-order valence-corrected chi connectivity index (χ0v) is 66.8. The molecule has 0 unspecified atom stereocenters. The van der Waals surface area contributed by atoms with Crippen molar-refractivity contribution in [2.75, 3.05) is 77.8 Å². The maximum Gasteiger partial charge on any atom is 0.338 e. The van der Waals surface area contributed by atoms with Gasteiger partial charge in [0.15, 0.2) is 17.5 Å². The Morgan fingerprint density at radius 3 is 1.13 bits per heavy atom. The van der Waals surface area contributed by atoms with Crippen molar-refractivity contribution in [1.29, 1.82) is 0 Å². The van der Waals surface area contributed by atoms with Crippen molar-refractivity contribution in [3.05, 3.63) is 123 Å². The predicted molar refractivity (Wildman–Crippen MR) is 422 cm³/mol. The number of fused-ring (bicyclic) bond motifs is 6. The second-order valence-corrected chi connectivity index (χ2v) is 33.7. The van der Waals surface area contributed by atoms with Crippen molar-refractivity contribution < 1.29 is 52.8 Å². The molecule has 0 radical (unpaired) electrons. The molecule has 110 heavy (non-hydrogen) atoms. The summed E-state index contributed by atoms with van der Waals surface area (Å²) >= 11 is 0. The number of nitrogens with one attached hydrogen (secondary N) is 1. The molecule has 3 aromatic carbocycles. The number of piperidine rings is 1. The Labute approximate surface area is 646 Å². The highest BCUT2D eigenvalue weighted by atomic mass is 16.5. The molecule has 6 aromatic rings. The van der Waals surface area contributed by atoms with E-state index >= 15 is 0 Å². The van der Waals surface area contributed by atoms with Crippen LogP contribution in [0.4, 0.5) is 34.5 Å². The number of nitrogens with zero attached hydrogens (tertiary/aromatic N) is 13. The second kappa shape index (κ2) is 31.0. The molecule has 2 N–H and O–H groups in total. The van der Waals surface area contributed by atoms with E-state index in [1.165, 1.54) is 45.6 Å². The zero-order valence-electron chi connectivity index (χ0n) is 66.8. The lowest BCUT2D eigenvalue weighted by atomic mass is 9.94. The number of aromatic carboxylic acids is 1. The fourth-order valence-corrected chi connectivity index (χ4v) is 18.7. The molecule has 16 rings (SSSR count). The van der Waals surface area contributed by atoms with Crippen LogP contribution in [-0.4, -0.2) is 183 Å². The van der Waals surface area contributed by atoms with Crippen LogP contribution in [0.2, 0.25) is 0 Å². The van der Waals surface area contributed by atoms with Crippen LogP contribution in [0.1, 0.15) is 253 Å². The zero-order chi connectivity index (χ0) is 78.0. The number of carbonyl (C=O) groups excluding carboxylic acids is 5. The number of methoxy groups -OCH3 is 1. The molecule has 25 nitrogen and oxygen atoms in total. The van der Waals surface area contributed by atoms with E-state index < -0.39 is 22.8 Å². The number of carboxylic acid groups (broad SMARTS) is 1. The molecule has 4 fully saturated rings. The molecule has 1 saturated heterocycles. The van der Waals surface area contributed by atoms with Gasteiger partial charge >= 0.3 is 11.9 Å². The van der Waals surface area contributed by atoms with Gasteiger partial charge in [0.2, 0.25) is 17.7 Å². The number of rotatable bonds is 16. The van der Waals surface area contributed by atoms with Crippen molar-refractivity contribution in [2.24, 2.45) is 0 Å². The largest absolute Gasteiger partial charge is 0.487 e. The number of amides is 4. The van der Waals surface area contributed by atoms with Crippen LogP contribution in [0.5, 0.6) is 17.2 Å².